The number of aromatic nitrogens is 2. The van der Waals surface area contributed by atoms with Crippen LogP contribution in [0.1, 0.15) is 31.5 Å². The normalized spacial score (nSPS) is 11.3. The van der Waals surface area contributed by atoms with Crippen molar-refractivity contribution in [2.45, 2.75) is 26.7 Å². The summed E-state index contributed by atoms with van der Waals surface area (Å²) in [5.74, 6) is 0.775. The van der Waals surface area contributed by atoms with E-state index in [1.807, 2.05) is 56.3 Å². The van der Waals surface area contributed by atoms with Crippen LogP contribution in [-0.2, 0) is 16.0 Å². The van der Waals surface area contributed by atoms with Gasteiger partial charge >= 0.3 is 0 Å². The van der Waals surface area contributed by atoms with E-state index in [2.05, 4.69) is 39.3 Å². The lowest BCUT2D eigenvalue weighted by atomic mass is 10.2. The lowest BCUT2D eigenvalue weighted by Crippen LogP contribution is -2.16. The maximum absolute atomic E-state index is 6.03. The Morgan fingerprint density at radius 1 is 1.00 bits per heavy atom. The van der Waals surface area contributed by atoms with Gasteiger partial charge in [0.05, 0.1) is 0 Å². The number of halogens is 2. The number of ether oxygens (including phenoxy) is 2. The minimum absolute atomic E-state index is 0.502. The van der Waals surface area contributed by atoms with Crippen molar-refractivity contribution in [1.82, 2.24) is 9.55 Å². The quantitative estimate of drug-likeness (QED) is 0.287. The van der Waals surface area contributed by atoms with Gasteiger partial charge in [-0.15, -0.1) is 0 Å². The van der Waals surface area contributed by atoms with Gasteiger partial charge in [-0.3, -0.25) is 0 Å². The first-order valence-electron chi connectivity index (χ1n) is 8.93. The van der Waals surface area contributed by atoms with Crippen molar-refractivity contribution in [3.05, 3.63) is 74.7 Å². The van der Waals surface area contributed by atoms with E-state index < -0.39 is 6.29 Å². The van der Waals surface area contributed by atoms with Crippen LogP contribution >= 0.6 is 34.2 Å². The molecule has 27 heavy (non-hydrogen) atoms. The molecule has 2 aromatic carbocycles. The summed E-state index contributed by atoms with van der Waals surface area (Å²) in [6, 6.07) is 18.0. The molecule has 142 valence electrons. The smallest absolute Gasteiger partial charge is 0.217 e. The Hall–Kier alpha value is -1.41. The molecule has 1 aromatic heterocycles. The molecule has 4 nitrogen and oxygen atoms in total. The Kier molecular flexibility index (Phi) is 7.29. The molecule has 6 heteroatoms. The molecule has 0 bridgehead atoms. The molecule has 1 heterocycles. The Balaban J connectivity index is 2.07. The molecule has 0 atom stereocenters. The molecule has 0 amide bonds. The van der Waals surface area contributed by atoms with Crippen molar-refractivity contribution in [3.63, 3.8) is 0 Å². The fraction of sp³-hybridized carbons (Fsp3) is 0.286. The van der Waals surface area contributed by atoms with Crippen molar-refractivity contribution >= 4 is 34.2 Å². The van der Waals surface area contributed by atoms with E-state index in [1.54, 1.807) is 0 Å². The summed E-state index contributed by atoms with van der Waals surface area (Å²) in [6.45, 7) is 5.69. The predicted molar refractivity (Wildman–Crippen MR) is 117 cm³/mol. The molecule has 0 aliphatic carbocycles. The monoisotopic (exact) mass is 496 g/mol. The van der Waals surface area contributed by atoms with Gasteiger partial charge in [-0.2, -0.15) is 0 Å². The van der Waals surface area contributed by atoms with Crippen molar-refractivity contribution in [2.24, 2.45) is 0 Å². The summed E-state index contributed by atoms with van der Waals surface area (Å²) in [4.78, 5) is 4.91. The number of hydrogen-bond acceptors (Lipinski definition) is 3. The third-order valence-electron chi connectivity index (χ3n) is 4.08. The van der Waals surface area contributed by atoms with Crippen LogP contribution in [0.15, 0.2) is 54.6 Å². The van der Waals surface area contributed by atoms with E-state index in [4.69, 9.17) is 26.1 Å². The standard InChI is InChI=1S/C21H22ClIN2O2/c1-3-26-21(27-4-2)20-24-18(16-8-6-5-7-9-16)19(23)25(20)14-15-10-12-17(22)13-11-15/h5-13,21H,3-4,14H2,1-2H3. The maximum Gasteiger partial charge on any atom is 0.217 e. The van der Waals surface area contributed by atoms with Crippen LogP contribution in [0.2, 0.25) is 5.02 Å². The first-order valence-corrected chi connectivity index (χ1v) is 10.4. The Labute approximate surface area is 178 Å². The molecule has 0 saturated carbocycles. The molecule has 0 unspecified atom stereocenters. The van der Waals surface area contributed by atoms with Crippen LogP contribution in [0.5, 0.6) is 0 Å². The van der Waals surface area contributed by atoms with Crippen molar-refractivity contribution in [1.29, 1.82) is 0 Å². The minimum Gasteiger partial charge on any atom is -0.346 e. The highest BCUT2D eigenvalue weighted by Gasteiger charge is 2.24. The molecule has 3 aromatic rings. The van der Waals surface area contributed by atoms with Crippen LogP contribution in [0.3, 0.4) is 0 Å². The highest BCUT2D eigenvalue weighted by molar-refractivity contribution is 14.1. The summed E-state index contributed by atoms with van der Waals surface area (Å²) in [7, 11) is 0. The SMILES string of the molecule is CCOC(OCC)c1nc(-c2ccccc2)c(I)n1Cc1ccc(Cl)cc1. The van der Waals surface area contributed by atoms with Crippen LogP contribution in [0.25, 0.3) is 11.3 Å². The Bertz CT molecular complexity index is 860. The van der Waals surface area contributed by atoms with E-state index in [1.165, 1.54) is 0 Å². The van der Waals surface area contributed by atoms with E-state index in [9.17, 15) is 0 Å². The Morgan fingerprint density at radius 2 is 1.63 bits per heavy atom. The minimum atomic E-state index is -0.502. The van der Waals surface area contributed by atoms with Gasteiger partial charge in [0.2, 0.25) is 6.29 Å². The van der Waals surface area contributed by atoms with Crippen molar-refractivity contribution < 1.29 is 9.47 Å². The first kappa shape index (κ1) is 20.3. The number of rotatable bonds is 8. The van der Waals surface area contributed by atoms with Gasteiger partial charge in [-0.25, -0.2) is 4.98 Å². The van der Waals surface area contributed by atoms with Gasteiger partial charge in [0.25, 0.3) is 0 Å². The molecule has 0 aliphatic heterocycles. The van der Waals surface area contributed by atoms with Gasteiger partial charge < -0.3 is 14.0 Å². The predicted octanol–water partition coefficient (Wildman–Crippen LogP) is 5.93. The third kappa shape index (κ3) is 4.90. The van der Waals surface area contributed by atoms with E-state index in [0.717, 1.165) is 31.4 Å². The van der Waals surface area contributed by atoms with Gasteiger partial charge in [-0.1, -0.05) is 54.1 Å². The molecule has 0 radical (unpaired) electrons. The van der Waals surface area contributed by atoms with Gasteiger partial charge in [0.1, 0.15) is 9.39 Å². The number of hydrogen-bond donors (Lipinski definition) is 0. The summed E-state index contributed by atoms with van der Waals surface area (Å²) in [6.07, 6.45) is -0.502. The average molecular weight is 497 g/mol. The molecule has 0 aliphatic rings. The molecule has 0 N–H and O–H groups in total. The number of nitrogens with zero attached hydrogens (tertiary/aromatic N) is 2. The molecule has 0 spiro atoms. The second-order valence-corrected chi connectivity index (χ2v) is 7.39. The highest BCUT2D eigenvalue weighted by Crippen LogP contribution is 2.30. The summed E-state index contributed by atoms with van der Waals surface area (Å²) in [5.41, 5.74) is 3.15. The molecule has 0 saturated heterocycles. The zero-order chi connectivity index (χ0) is 19.2. The lowest BCUT2D eigenvalue weighted by molar-refractivity contribution is -0.146. The summed E-state index contributed by atoms with van der Waals surface area (Å²) >= 11 is 8.39. The molecular formula is C21H22ClIN2O2. The number of imidazole rings is 1. The number of benzene rings is 2. The first-order chi connectivity index (χ1) is 13.1. The molecule has 3 rings (SSSR count). The van der Waals surface area contributed by atoms with E-state index in [0.29, 0.717) is 19.8 Å². The average Bonchev–Trinajstić information content (AvgIpc) is 3.00. The molecule has 0 fully saturated rings. The fourth-order valence-corrected chi connectivity index (χ4v) is 3.81. The zero-order valence-corrected chi connectivity index (χ0v) is 18.3. The van der Waals surface area contributed by atoms with Crippen molar-refractivity contribution in [2.75, 3.05) is 13.2 Å². The van der Waals surface area contributed by atoms with Crippen LogP contribution < -0.4 is 0 Å². The lowest BCUT2D eigenvalue weighted by Gasteiger charge is -2.18. The topological polar surface area (TPSA) is 36.3 Å². The van der Waals surface area contributed by atoms with Gasteiger partial charge in [0.15, 0.2) is 5.82 Å². The van der Waals surface area contributed by atoms with Crippen LogP contribution in [-0.4, -0.2) is 22.8 Å². The second-order valence-electron chi connectivity index (χ2n) is 5.93. The van der Waals surface area contributed by atoms with Crippen LogP contribution in [0, 0.1) is 3.70 Å². The Morgan fingerprint density at radius 3 is 2.22 bits per heavy atom. The zero-order valence-electron chi connectivity index (χ0n) is 15.4. The van der Waals surface area contributed by atoms with E-state index in [-0.39, 0.29) is 0 Å². The highest BCUT2D eigenvalue weighted by atomic mass is 127. The fourth-order valence-electron chi connectivity index (χ4n) is 2.83. The van der Waals surface area contributed by atoms with E-state index >= 15 is 0 Å². The molecular weight excluding hydrogens is 475 g/mol. The summed E-state index contributed by atoms with van der Waals surface area (Å²) < 4.78 is 14.9. The van der Waals surface area contributed by atoms with Gasteiger partial charge in [-0.05, 0) is 54.1 Å². The second kappa shape index (κ2) is 9.68. The van der Waals surface area contributed by atoms with Crippen molar-refractivity contribution in [3.8, 4) is 11.3 Å². The largest absolute Gasteiger partial charge is 0.346 e. The summed E-state index contributed by atoms with van der Waals surface area (Å²) in [5, 5.41) is 0.728. The third-order valence-corrected chi connectivity index (χ3v) is 5.43. The van der Waals surface area contributed by atoms with Crippen LogP contribution in [0.4, 0.5) is 0 Å². The van der Waals surface area contributed by atoms with Gasteiger partial charge in [0, 0.05) is 30.3 Å². The maximum atomic E-state index is 6.03.